The second-order valence-electron chi connectivity index (χ2n) is 12.2. The summed E-state index contributed by atoms with van der Waals surface area (Å²) in [6, 6.07) is 16.8. The molecule has 0 amide bonds. The Kier molecular flexibility index (Phi) is 6.81. The van der Waals surface area contributed by atoms with E-state index in [0.29, 0.717) is 21.9 Å². The van der Waals surface area contributed by atoms with Gasteiger partial charge in [0.15, 0.2) is 23.3 Å². The fourth-order valence-corrected chi connectivity index (χ4v) is 7.85. The lowest BCUT2D eigenvalue weighted by molar-refractivity contribution is 0.481. The topological polar surface area (TPSA) is 272 Å². The summed E-state index contributed by atoms with van der Waals surface area (Å²) in [5.74, 6) is 0.339. The normalized spacial score (nSPS) is 13.0. The van der Waals surface area contributed by atoms with Gasteiger partial charge < -0.3 is 9.97 Å². The van der Waals surface area contributed by atoms with Crippen molar-refractivity contribution in [3.63, 3.8) is 0 Å². The van der Waals surface area contributed by atoms with Gasteiger partial charge in [0.2, 0.25) is 0 Å². The van der Waals surface area contributed by atoms with Crippen LogP contribution in [0.3, 0.4) is 0 Å². The molecule has 0 aliphatic carbocycles. The van der Waals surface area contributed by atoms with Gasteiger partial charge in [-0.25, -0.2) is 29.9 Å². The van der Waals surface area contributed by atoms with Crippen LogP contribution < -0.4 is 0 Å². The number of nitrogens with one attached hydrogen (secondary N) is 2. The second kappa shape index (κ2) is 11.0. The van der Waals surface area contributed by atoms with Crippen molar-refractivity contribution in [2.45, 2.75) is 21.6 Å². The molecule has 0 unspecified atom stereocenters. The van der Waals surface area contributed by atoms with Crippen LogP contribution in [0.2, 0.25) is 0 Å². The summed E-state index contributed by atoms with van der Waals surface area (Å²) < 4.78 is 103. The van der Waals surface area contributed by atoms with Crippen LogP contribution in [0, 0.1) is 6.92 Å². The molecule has 0 atom stereocenters. The van der Waals surface area contributed by atoms with Crippen LogP contribution in [-0.4, -0.2) is 78.8 Å². The maximum Gasteiger partial charge on any atom is 0.294 e. The first-order valence-electron chi connectivity index (χ1n) is 15.3. The fourth-order valence-electron chi connectivity index (χ4n) is 6.33. The molecule has 264 valence electrons. The lowest BCUT2D eigenvalue weighted by Crippen LogP contribution is -1.98. The van der Waals surface area contributed by atoms with Crippen molar-refractivity contribution in [1.82, 2.24) is 39.9 Å². The Bertz CT molecular complexity index is 3310. The molecular weight excluding hydrogens is 749 g/mol. The third kappa shape index (κ3) is 5.43. The van der Waals surface area contributed by atoms with Crippen molar-refractivity contribution >= 4 is 74.5 Å². The molecule has 20 heteroatoms. The monoisotopic (exact) mass is 768 g/mol. The Morgan fingerprint density at radius 3 is 1.23 bits per heavy atom. The average Bonchev–Trinajstić information content (AvgIpc) is 3.81. The van der Waals surface area contributed by atoms with Crippen LogP contribution >= 0.6 is 0 Å². The molecule has 3 aromatic heterocycles. The molecule has 5 N–H and O–H groups in total. The van der Waals surface area contributed by atoms with E-state index in [1.807, 2.05) is 19.1 Å². The zero-order valence-corrected chi connectivity index (χ0v) is 29.1. The number of fused-ring (bicyclic) bond motifs is 20. The van der Waals surface area contributed by atoms with Gasteiger partial charge >= 0.3 is 0 Å². The van der Waals surface area contributed by atoms with E-state index in [9.17, 15) is 38.9 Å². The smallest absolute Gasteiger partial charge is 0.294 e. The lowest BCUT2D eigenvalue weighted by Gasteiger charge is -2.02. The highest BCUT2D eigenvalue weighted by molar-refractivity contribution is 7.86. The summed E-state index contributed by atoms with van der Waals surface area (Å²) in [5, 5.41) is 1.21. The first-order chi connectivity index (χ1) is 25.0. The molecule has 5 heterocycles. The van der Waals surface area contributed by atoms with Crippen molar-refractivity contribution in [1.29, 1.82) is 0 Å². The van der Waals surface area contributed by atoms with E-state index in [1.54, 1.807) is 6.07 Å². The number of aromatic amines is 2. The molecule has 8 bridgehead atoms. The Balaban J connectivity index is 1.50. The van der Waals surface area contributed by atoms with Crippen molar-refractivity contribution < 1.29 is 38.9 Å². The minimum absolute atomic E-state index is 0.00363. The van der Waals surface area contributed by atoms with Crippen LogP contribution in [-0.2, 0) is 30.4 Å². The number of hydrogen-bond acceptors (Lipinski definition) is 12. The van der Waals surface area contributed by atoms with E-state index in [1.165, 1.54) is 42.5 Å². The SMILES string of the molecule is Cc1ccc2c(c1)-c1nc-2nc2[nH]c(nc3nc(nc4[nH]c(n1)c1ccc(S(=O)(=O)O)cc41)-c1ccc(S(=O)(=O)O)cc1-3)c1ccc(S(=O)(=O)O)cc21. The van der Waals surface area contributed by atoms with E-state index in [2.05, 4.69) is 19.9 Å². The molecule has 0 saturated heterocycles. The molecule has 0 spiro atoms. The van der Waals surface area contributed by atoms with Gasteiger partial charge in [-0.05, 0) is 67.6 Å². The van der Waals surface area contributed by atoms with Gasteiger partial charge in [0.25, 0.3) is 30.4 Å². The highest BCUT2D eigenvalue weighted by Gasteiger charge is 2.25. The van der Waals surface area contributed by atoms with E-state index in [0.717, 1.165) is 17.7 Å². The first kappa shape index (κ1) is 32.8. The summed E-state index contributed by atoms with van der Waals surface area (Å²) in [6.07, 6.45) is 0. The van der Waals surface area contributed by atoms with Crippen LogP contribution in [0.4, 0.5) is 0 Å². The van der Waals surface area contributed by atoms with Gasteiger partial charge in [0.05, 0.1) is 14.7 Å². The summed E-state index contributed by atoms with van der Waals surface area (Å²) in [4.78, 5) is 33.2. The van der Waals surface area contributed by atoms with Gasteiger partial charge in [0, 0.05) is 43.8 Å². The molecule has 9 rings (SSSR count). The highest BCUT2D eigenvalue weighted by Crippen LogP contribution is 2.38. The number of rotatable bonds is 3. The molecule has 4 aromatic carbocycles. The molecular formula is C33H20N8O9S3. The van der Waals surface area contributed by atoms with Crippen LogP contribution in [0.25, 0.3) is 89.7 Å². The minimum Gasteiger partial charge on any atom is -0.324 e. The van der Waals surface area contributed by atoms with Crippen LogP contribution in [0.5, 0.6) is 0 Å². The molecule has 0 radical (unpaired) electrons. The Hall–Kier alpha value is -6.03. The summed E-state index contributed by atoms with van der Waals surface area (Å²) >= 11 is 0. The number of hydrogen-bond donors (Lipinski definition) is 5. The number of benzene rings is 4. The molecule has 0 saturated carbocycles. The largest absolute Gasteiger partial charge is 0.324 e. The molecule has 7 aromatic rings. The zero-order chi connectivity index (χ0) is 37.2. The third-order valence-electron chi connectivity index (χ3n) is 8.79. The lowest BCUT2D eigenvalue weighted by atomic mass is 10.1. The molecule has 2 aliphatic heterocycles. The zero-order valence-electron chi connectivity index (χ0n) is 26.6. The Morgan fingerprint density at radius 1 is 0.415 bits per heavy atom. The first-order valence-corrected chi connectivity index (χ1v) is 19.6. The van der Waals surface area contributed by atoms with Crippen LogP contribution in [0.1, 0.15) is 5.56 Å². The molecule has 0 fully saturated rings. The maximum atomic E-state index is 12.2. The Labute approximate surface area is 297 Å². The molecule has 2 aliphatic rings. The van der Waals surface area contributed by atoms with Crippen molar-refractivity contribution in [3.8, 4) is 45.6 Å². The predicted octanol–water partition coefficient (Wildman–Crippen LogP) is 4.92. The third-order valence-corrected chi connectivity index (χ3v) is 11.3. The molecule has 53 heavy (non-hydrogen) atoms. The van der Waals surface area contributed by atoms with Crippen molar-refractivity contribution in [2.75, 3.05) is 0 Å². The van der Waals surface area contributed by atoms with E-state index < -0.39 is 45.0 Å². The summed E-state index contributed by atoms with van der Waals surface area (Å²) in [6.45, 7) is 1.88. The van der Waals surface area contributed by atoms with Gasteiger partial charge in [-0.3, -0.25) is 13.7 Å². The predicted molar refractivity (Wildman–Crippen MR) is 190 cm³/mol. The fraction of sp³-hybridized carbons (Fsp3) is 0.0303. The van der Waals surface area contributed by atoms with Gasteiger partial charge in [-0.1, -0.05) is 17.7 Å². The molecule has 17 nitrogen and oxygen atoms in total. The van der Waals surface area contributed by atoms with Crippen molar-refractivity contribution in [3.05, 3.63) is 78.4 Å². The number of aryl methyl sites for hydroxylation is 1. The van der Waals surface area contributed by atoms with Crippen molar-refractivity contribution in [2.24, 2.45) is 0 Å². The summed E-state index contributed by atoms with van der Waals surface area (Å²) in [7, 11) is -14.0. The maximum absolute atomic E-state index is 12.2. The number of nitrogens with zero attached hydrogens (tertiary/aromatic N) is 6. The van der Waals surface area contributed by atoms with Gasteiger partial charge in [-0.2, -0.15) is 25.3 Å². The second-order valence-corrected chi connectivity index (χ2v) is 16.5. The Morgan fingerprint density at radius 2 is 0.774 bits per heavy atom. The van der Waals surface area contributed by atoms with Crippen LogP contribution in [0.15, 0.2) is 87.5 Å². The standard InChI is InChI=1S/C33H20N8O9S3/c1-14-2-6-18-22(10-14)30-34-26(18)36-31-24-12-16(52(45,46)47)4-8-20(24)28(38-31)40-33-25-13-17(53(48,49)50)5-9-21(25)29(41-33)39-32-23-11-15(51(42,43)44)3-7-19(23)27(35-30)37-32/h2-13H,1H3,(H,42,43,44)(H,45,46,47)(H,48,49,50)(H2,34,35,36,37,38,39,40,41). The summed E-state index contributed by atoms with van der Waals surface area (Å²) in [5.41, 5.74) is 2.98. The van der Waals surface area contributed by atoms with Gasteiger partial charge in [-0.15, -0.1) is 0 Å². The number of H-pyrrole nitrogens is 2. The average molecular weight is 769 g/mol. The quantitative estimate of drug-likeness (QED) is 0.149. The minimum atomic E-state index is -4.68. The van der Waals surface area contributed by atoms with E-state index in [4.69, 9.17) is 19.9 Å². The highest BCUT2D eigenvalue weighted by atomic mass is 32.2. The van der Waals surface area contributed by atoms with E-state index >= 15 is 0 Å². The van der Waals surface area contributed by atoms with Gasteiger partial charge in [0.1, 0.15) is 22.6 Å². The number of aromatic nitrogens is 8. The van der Waals surface area contributed by atoms with E-state index in [-0.39, 0.29) is 67.8 Å².